The minimum absolute atomic E-state index is 0.0173. The zero-order valence-corrected chi connectivity index (χ0v) is 29.1. The smallest absolute Gasteiger partial charge is 0.274 e. The third-order valence-corrected chi connectivity index (χ3v) is 11.0. The summed E-state index contributed by atoms with van der Waals surface area (Å²) < 4.78 is 5.51. The number of hydrogen-bond acceptors (Lipinski definition) is 9. The van der Waals surface area contributed by atoms with Crippen molar-refractivity contribution in [3.63, 3.8) is 0 Å². The topological polar surface area (TPSA) is 132 Å². The zero-order valence-electron chi connectivity index (χ0n) is 29.1. The van der Waals surface area contributed by atoms with E-state index in [1.54, 1.807) is 12.5 Å². The summed E-state index contributed by atoms with van der Waals surface area (Å²) in [5, 5.41) is 7.24. The number of H-pyrrole nitrogens is 1. The van der Waals surface area contributed by atoms with Crippen molar-refractivity contribution in [2.75, 3.05) is 56.2 Å². The van der Waals surface area contributed by atoms with Crippen molar-refractivity contribution in [2.45, 2.75) is 69.6 Å². The van der Waals surface area contributed by atoms with Gasteiger partial charge in [-0.1, -0.05) is 25.1 Å². The van der Waals surface area contributed by atoms with E-state index in [-0.39, 0.29) is 17.9 Å². The molecule has 0 spiro atoms. The molecular weight excluding hydrogens is 642 g/mol. The fraction of sp³-hybridized carbons (Fsp3) is 0.462. The van der Waals surface area contributed by atoms with Crippen LogP contribution in [-0.2, 0) is 16.1 Å². The lowest BCUT2D eigenvalue weighted by atomic mass is 10.0. The molecule has 12 heteroatoms. The summed E-state index contributed by atoms with van der Waals surface area (Å²) in [6, 6.07) is 15.0. The number of nitrogens with zero attached hydrogens (tertiary/aromatic N) is 6. The van der Waals surface area contributed by atoms with Crippen LogP contribution in [0.2, 0.25) is 0 Å². The minimum atomic E-state index is -0.259. The first-order valence-corrected chi connectivity index (χ1v) is 18.5. The molecule has 4 saturated heterocycles. The van der Waals surface area contributed by atoms with Gasteiger partial charge in [-0.25, -0.2) is 9.97 Å². The van der Waals surface area contributed by atoms with E-state index in [0.717, 1.165) is 72.7 Å². The molecule has 4 fully saturated rings. The fourth-order valence-corrected chi connectivity index (χ4v) is 8.37. The monoisotopic (exact) mass is 689 g/mol. The first kappa shape index (κ1) is 33.5. The predicted molar refractivity (Wildman–Crippen MR) is 197 cm³/mol. The highest BCUT2D eigenvalue weighted by Crippen LogP contribution is 2.36. The molecule has 7 heterocycles. The molecule has 266 valence electrons. The van der Waals surface area contributed by atoms with Crippen LogP contribution >= 0.6 is 0 Å². The molecule has 12 nitrogen and oxygen atoms in total. The maximum absolute atomic E-state index is 13.3. The first-order valence-electron chi connectivity index (χ1n) is 18.5. The quantitative estimate of drug-likeness (QED) is 0.202. The van der Waals surface area contributed by atoms with Crippen LogP contribution in [0.15, 0.2) is 67.1 Å². The van der Waals surface area contributed by atoms with Gasteiger partial charge in [-0.05, 0) is 86.5 Å². The van der Waals surface area contributed by atoms with E-state index < -0.39 is 0 Å². The molecule has 2 unspecified atom stereocenters. The third-order valence-electron chi connectivity index (χ3n) is 11.0. The van der Waals surface area contributed by atoms with Gasteiger partial charge in [0.25, 0.3) is 5.91 Å². The SMILES string of the molecule is C=C(CN1C2CCCC1CC2)C(=O)N[C@@H]1CCCN(Cc2ccnc(C(=O)Nc3ccc(-c4cc5c(N6CCOCC6)ncnc5[nH]4)cc3)c2)C1. The van der Waals surface area contributed by atoms with E-state index in [9.17, 15) is 9.59 Å². The zero-order chi connectivity index (χ0) is 34.7. The Morgan fingerprint density at radius 3 is 2.53 bits per heavy atom. The van der Waals surface area contributed by atoms with Crippen LogP contribution in [0.4, 0.5) is 11.5 Å². The van der Waals surface area contributed by atoms with E-state index in [1.807, 2.05) is 36.4 Å². The second-order valence-electron chi connectivity index (χ2n) is 14.5. The number of morpholine rings is 1. The molecule has 4 aliphatic rings. The second kappa shape index (κ2) is 14.9. The van der Waals surface area contributed by atoms with Gasteiger partial charge in [0.2, 0.25) is 5.91 Å². The van der Waals surface area contributed by atoms with E-state index >= 15 is 0 Å². The minimum Gasteiger partial charge on any atom is -0.378 e. The normalized spacial score (nSPS) is 22.6. The van der Waals surface area contributed by atoms with E-state index in [4.69, 9.17) is 4.74 Å². The summed E-state index contributed by atoms with van der Waals surface area (Å²) in [4.78, 5) is 50.3. The maximum atomic E-state index is 13.3. The van der Waals surface area contributed by atoms with Crippen molar-refractivity contribution in [2.24, 2.45) is 0 Å². The van der Waals surface area contributed by atoms with Gasteiger partial charge < -0.3 is 25.3 Å². The molecule has 8 rings (SSSR count). The number of hydrogen-bond donors (Lipinski definition) is 3. The Labute approximate surface area is 298 Å². The molecule has 2 bridgehead atoms. The summed E-state index contributed by atoms with van der Waals surface area (Å²) in [7, 11) is 0. The number of carbonyl (C=O) groups is 2. The first-order chi connectivity index (χ1) is 25.0. The number of piperidine rings is 2. The number of pyridine rings is 1. The van der Waals surface area contributed by atoms with Gasteiger partial charge >= 0.3 is 0 Å². The molecule has 51 heavy (non-hydrogen) atoms. The number of amides is 2. The summed E-state index contributed by atoms with van der Waals surface area (Å²) in [5.41, 5.74) is 5.44. The van der Waals surface area contributed by atoms with Crippen LogP contribution in [0.3, 0.4) is 0 Å². The summed E-state index contributed by atoms with van der Waals surface area (Å²) >= 11 is 0. The Hall–Kier alpha value is -4.65. The molecule has 3 N–H and O–H groups in total. The molecule has 2 amide bonds. The van der Waals surface area contributed by atoms with E-state index in [2.05, 4.69) is 57.9 Å². The maximum Gasteiger partial charge on any atom is 0.274 e. The standard InChI is InChI=1S/C39H47N9O3/c1-26(22-48-31-5-2-6-32(48)12-11-31)38(49)44-30-4-3-15-46(24-30)23-27-13-14-40-35(20-27)39(50)43-29-9-7-28(8-10-29)34-21-33-36(45-34)41-25-42-37(33)47-16-18-51-19-17-47/h7-10,13-14,20-21,25,30-32H,1-6,11-12,15-19,22-24H2,(H,43,50)(H,44,49)(H,41,42,45)/t30-,31?,32?/m1/s1. The Morgan fingerprint density at radius 2 is 1.73 bits per heavy atom. The Bertz CT molecular complexity index is 1870. The van der Waals surface area contributed by atoms with Gasteiger partial charge in [0.1, 0.15) is 23.5 Å². The van der Waals surface area contributed by atoms with Gasteiger partial charge in [0, 0.05) is 74.0 Å². The van der Waals surface area contributed by atoms with Gasteiger partial charge in [-0.15, -0.1) is 0 Å². The Balaban J connectivity index is 0.850. The van der Waals surface area contributed by atoms with Gasteiger partial charge in [0.15, 0.2) is 0 Å². The largest absolute Gasteiger partial charge is 0.378 e. The highest BCUT2D eigenvalue weighted by Gasteiger charge is 2.37. The Morgan fingerprint density at radius 1 is 0.922 bits per heavy atom. The van der Waals surface area contributed by atoms with Crippen molar-refractivity contribution in [1.82, 2.24) is 35.1 Å². The molecule has 4 aliphatic heterocycles. The molecule has 0 aliphatic carbocycles. The molecule has 1 aromatic carbocycles. The third kappa shape index (κ3) is 7.53. The average Bonchev–Trinajstić information content (AvgIpc) is 3.68. The molecule has 0 radical (unpaired) electrons. The fourth-order valence-electron chi connectivity index (χ4n) is 8.37. The van der Waals surface area contributed by atoms with Crippen LogP contribution in [0.1, 0.15) is 61.0 Å². The summed E-state index contributed by atoms with van der Waals surface area (Å²) in [5.74, 6) is 0.633. The molecule has 3 aromatic heterocycles. The predicted octanol–water partition coefficient (Wildman–Crippen LogP) is 4.76. The summed E-state index contributed by atoms with van der Waals surface area (Å²) in [6.45, 7) is 10.2. The Kier molecular flexibility index (Phi) is 9.79. The van der Waals surface area contributed by atoms with Crippen molar-refractivity contribution >= 4 is 34.4 Å². The van der Waals surface area contributed by atoms with E-state index in [1.165, 1.54) is 32.1 Å². The number of benzene rings is 1. The van der Waals surface area contributed by atoms with Crippen molar-refractivity contribution in [3.05, 3.63) is 78.4 Å². The average molecular weight is 690 g/mol. The van der Waals surface area contributed by atoms with Crippen LogP contribution in [0, 0.1) is 0 Å². The van der Waals surface area contributed by atoms with Crippen molar-refractivity contribution in [1.29, 1.82) is 0 Å². The van der Waals surface area contributed by atoms with Crippen LogP contribution in [0.5, 0.6) is 0 Å². The van der Waals surface area contributed by atoms with Gasteiger partial charge in [-0.3, -0.25) is 24.4 Å². The number of aromatic nitrogens is 4. The van der Waals surface area contributed by atoms with Crippen LogP contribution < -0.4 is 15.5 Å². The highest BCUT2D eigenvalue weighted by molar-refractivity contribution is 6.03. The van der Waals surface area contributed by atoms with Crippen molar-refractivity contribution in [3.8, 4) is 11.3 Å². The number of fused-ring (bicyclic) bond motifs is 3. The highest BCUT2D eigenvalue weighted by atomic mass is 16.5. The lowest BCUT2D eigenvalue weighted by molar-refractivity contribution is -0.118. The van der Waals surface area contributed by atoms with E-state index in [0.29, 0.717) is 55.3 Å². The molecular formula is C39H47N9O3. The number of nitrogens with one attached hydrogen (secondary N) is 3. The number of anilines is 2. The molecule has 4 aromatic rings. The number of carbonyl (C=O) groups excluding carboxylic acids is 2. The number of likely N-dealkylation sites (tertiary alicyclic amines) is 1. The lowest BCUT2D eigenvalue weighted by Gasteiger charge is -2.36. The lowest BCUT2D eigenvalue weighted by Crippen LogP contribution is -2.49. The molecule has 3 atom stereocenters. The van der Waals surface area contributed by atoms with Gasteiger partial charge in [-0.2, -0.15) is 0 Å². The molecule has 0 saturated carbocycles. The van der Waals surface area contributed by atoms with Gasteiger partial charge in [0.05, 0.1) is 18.6 Å². The number of rotatable bonds is 10. The van der Waals surface area contributed by atoms with Crippen molar-refractivity contribution < 1.29 is 14.3 Å². The van der Waals surface area contributed by atoms with Crippen LogP contribution in [0.25, 0.3) is 22.3 Å². The number of aromatic amines is 1. The van der Waals surface area contributed by atoms with Crippen LogP contribution in [-0.4, -0.2) is 106 Å². The summed E-state index contributed by atoms with van der Waals surface area (Å²) in [6.07, 6.45) is 11.5. The second-order valence-corrected chi connectivity index (χ2v) is 14.5. The number of ether oxygens (including phenoxy) is 1.